The third-order valence-electron chi connectivity index (χ3n) is 2.51. The summed E-state index contributed by atoms with van der Waals surface area (Å²) in [6.45, 7) is 1.53. The van der Waals surface area contributed by atoms with Crippen LogP contribution in [0.2, 0.25) is 0 Å². The van der Waals surface area contributed by atoms with Crippen molar-refractivity contribution in [3.8, 4) is 0 Å². The minimum absolute atomic E-state index is 0.326. The molecule has 0 bridgehead atoms. The predicted molar refractivity (Wildman–Crippen MR) is 61.0 cm³/mol. The number of hydrogen-bond donors (Lipinski definition) is 1. The molecule has 0 saturated heterocycles. The highest BCUT2D eigenvalue weighted by Gasteiger charge is 2.15. The number of alkyl halides is 2. The van der Waals surface area contributed by atoms with Crippen molar-refractivity contribution in [1.82, 2.24) is 0 Å². The summed E-state index contributed by atoms with van der Waals surface area (Å²) < 4.78 is 24.6. The SMILES string of the molecule is CC[C@@H](O)c1ccccc1N(C)CC(F)F. The molecule has 0 unspecified atom stereocenters. The van der Waals surface area contributed by atoms with Gasteiger partial charge < -0.3 is 10.0 Å². The van der Waals surface area contributed by atoms with E-state index in [9.17, 15) is 13.9 Å². The van der Waals surface area contributed by atoms with E-state index in [1.54, 1.807) is 31.3 Å². The Balaban J connectivity index is 2.93. The van der Waals surface area contributed by atoms with Gasteiger partial charge in [-0.1, -0.05) is 25.1 Å². The summed E-state index contributed by atoms with van der Waals surface area (Å²) in [7, 11) is 1.60. The molecule has 0 aliphatic rings. The number of aliphatic hydroxyl groups is 1. The van der Waals surface area contributed by atoms with E-state index in [4.69, 9.17) is 0 Å². The molecule has 0 amide bonds. The molecule has 0 heterocycles. The summed E-state index contributed by atoms with van der Waals surface area (Å²) in [4.78, 5) is 1.47. The first-order valence-corrected chi connectivity index (χ1v) is 5.32. The number of benzene rings is 1. The Morgan fingerprint density at radius 2 is 1.94 bits per heavy atom. The Bertz CT molecular complexity index is 331. The summed E-state index contributed by atoms with van der Waals surface area (Å²) in [6, 6.07) is 7.10. The molecular weight excluding hydrogens is 212 g/mol. The summed E-state index contributed by atoms with van der Waals surface area (Å²) in [5.74, 6) is 0. The van der Waals surface area contributed by atoms with Crippen LogP contribution in [0.5, 0.6) is 0 Å². The second-order valence-electron chi connectivity index (χ2n) is 3.75. The van der Waals surface area contributed by atoms with Crippen molar-refractivity contribution in [3.05, 3.63) is 29.8 Å². The van der Waals surface area contributed by atoms with E-state index in [1.165, 1.54) is 4.90 Å². The monoisotopic (exact) mass is 229 g/mol. The van der Waals surface area contributed by atoms with Gasteiger partial charge in [0.2, 0.25) is 0 Å². The molecular formula is C12H17F2NO. The van der Waals surface area contributed by atoms with E-state index in [0.717, 1.165) is 0 Å². The van der Waals surface area contributed by atoms with Gasteiger partial charge in [0.05, 0.1) is 12.6 Å². The highest BCUT2D eigenvalue weighted by molar-refractivity contribution is 5.54. The molecule has 0 aliphatic carbocycles. The van der Waals surface area contributed by atoms with Gasteiger partial charge in [-0.3, -0.25) is 0 Å². The fourth-order valence-electron chi connectivity index (χ4n) is 1.64. The van der Waals surface area contributed by atoms with Gasteiger partial charge in [0.1, 0.15) is 0 Å². The zero-order chi connectivity index (χ0) is 12.1. The number of aliphatic hydroxyl groups excluding tert-OH is 1. The van der Waals surface area contributed by atoms with Crippen LogP contribution in [-0.2, 0) is 0 Å². The number of rotatable bonds is 5. The third-order valence-corrected chi connectivity index (χ3v) is 2.51. The van der Waals surface area contributed by atoms with Gasteiger partial charge in [-0.25, -0.2) is 8.78 Å². The van der Waals surface area contributed by atoms with E-state index in [-0.39, 0.29) is 6.54 Å². The first-order valence-electron chi connectivity index (χ1n) is 5.32. The maximum absolute atomic E-state index is 12.3. The zero-order valence-corrected chi connectivity index (χ0v) is 9.53. The Hall–Kier alpha value is -1.16. The smallest absolute Gasteiger partial charge is 0.255 e. The quantitative estimate of drug-likeness (QED) is 0.839. The van der Waals surface area contributed by atoms with Crippen LogP contribution in [0.15, 0.2) is 24.3 Å². The Labute approximate surface area is 94.5 Å². The van der Waals surface area contributed by atoms with Gasteiger partial charge >= 0.3 is 0 Å². The zero-order valence-electron chi connectivity index (χ0n) is 9.53. The van der Waals surface area contributed by atoms with Gasteiger partial charge in [0.25, 0.3) is 6.43 Å². The number of hydrogen-bond acceptors (Lipinski definition) is 2. The molecule has 1 aromatic rings. The molecule has 2 nitrogen and oxygen atoms in total. The number of halogens is 2. The number of para-hydroxylation sites is 1. The Morgan fingerprint density at radius 1 is 1.31 bits per heavy atom. The summed E-state index contributed by atoms with van der Waals surface area (Å²) in [6.07, 6.45) is -2.41. The Morgan fingerprint density at radius 3 is 2.50 bits per heavy atom. The van der Waals surface area contributed by atoms with Crippen molar-refractivity contribution >= 4 is 5.69 Å². The topological polar surface area (TPSA) is 23.5 Å². The van der Waals surface area contributed by atoms with Crippen molar-refractivity contribution in [3.63, 3.8) is 0 Å². The Kier molecular flexibility index (Phi) is 4.68. The molecule has 16 heavy (non-hydrogen) atoms. The van der Waals surface area contributed by atoms with Crippen LogP contribution in [-0.4, -0.2) is 25.1 Å². The maximum atomic E-state index is 12.3. The molecule has 0 aliphatic heterocycles. The molecule has 0 spiro atoms. The maximum Gasteiger partial charge on any atom is 0.255 e. The lowest BCUT2D eigenvalue weighted by Gasteiger charge is -2.23. The summed E-state index contributed by atoms with van der Waals surface area (Å²) in [5, 5.41) is 9.78. The average Bonchev–Trinajstić information content (AvgIpc) is 2.27. The fraction of sp³-hybridized carbons (Fsp3) is 0.500. The molecule has 1 N–H and O–H groups in total. The lowest BCUT2D eigenvalue weighted by Crippen LogP contribution is -2.25. The van der Waals surface area contributed by atoms with E-state index >= 15 is 0 Å². The molecule has 0 fully saturated rings. The molecule has 0 saturated carbocycles. The molecule has 1 atom stereocenters. The summed E-state index contributed by atoms with van der Waals surface area (Å²) >= 11 is 0. The van der Waals surface area contributed by atoms with Crippen LogP contribution in [0, 0.1) is 0 Å². The first kappa shape index (κ1) is 12.9. The largest absolute Gasteiger partial charge is 0.388 e. The number of anilines is 1. The van der Waals surface area contributed by atoms with E-state index < -0.39 is 12.5 Å². The highest BCUT2D eigenvalue weighted by atomic mass is 19.3. The van der Waals surface area contributed by atoms with Crippen LogP contribution in [0.4, 0.5) is 14.5 Å². The standard InChI is InChI=1S/C12H17F2NO/c1-3-11(16)9-6-4-5-7-10(9)15(2)8-12(13)14/h4-7,11-12,16H,3,8H2,1-2H3/t11-/m1/s1. The average molecular weight is 229 g/mol. The molecule has 1 aromatic carbocycles. The van der Waals surface area contributed by atoms with Gasteiger partial charge in [-0.05, 0) is 12.5 Å². The highest BCUT2D eigenvalue weighted by Crippen LogP contribution is 2.27. The first-order chi connectivity index (χ1) is 7.56. The van der Waals surface area contributed by atoms with Crippen molar-refractivity contribution in [1.29, 1.82) is 0 Å². The second-order valence-corrected chi connectivity index (χ2v) is 3.75. The van der Waals surface area contributed by atoms with Gasteiger partial charge in [-0.2, -0.15) is 0 Å². The summed E-state index contributed by atoms with van der Waals surface area (Å²) in [5.41, 5.74) is 1.37. The van der Waals surface area contributed by atoms with Crippen LogP contribution in [0.25, 0.3) is 0 Å². The predicted octanol–water partition coefficient (Wildman–Crippen LogP) is 2.83. The normalized spacial score (nSPS) is 12.9. The van der Waals surface area contributed by atoms with Crippen molar-refractivity contribution in [2.45, 2.75) is 25.9 Å². The van der Waals surface area contributed by atoms with Gasteiger partial charge in [0, 0.05) is 18.3 Å². The van der Waals surface area contributed by atoms with E-state index in [2.05, 4.69) is 0 Å². The number of nitrogens with zero attached hydrogens (tertiary/aromatic N) is 1. The minimum atomic E-state index is -2.38. The minimum Gasteiger partial charge on any atom is -0.388 e. The lowest BCUT2D eigenvalue weighted by molar-refractivity contribution is 0.155. The van der Waals surface area contributed by atoms with Crippen LogP contribution >= 0.6 is 0 Å². The van der Waals surface area contributed by atoms with Gasteiger partial charge in [0.15, 0.2) is 0 Å². The molecule has 0 aromatic heterocycles. The third kappa shape index (κ3) is 3.17. The second kappa shape index (κ2) is 5.80. The van der Waals surface area contributed by atoms with Crippen LogP contribution in [0.3, 0.4) is 0 Å². The molecule has 90 valence electrons. The van der Waals surface area contributed by atoms with Crippen molar-refractivity contribution in [2.24, 2.45) is 0 Å². The molecule has 0 radical (unpaired) electrons. The van der Waals surface area contributed by atoms with E-state index in [1.807, 2.05) is 6.92 Å². The van der Waals surface area contributed by atoms with E-state index in [0.29, 0.717) is 17.7 Å². The van der Waals surface area contributed by atoms with Crippen LogP contribution in [0.1, 0.15) is 25.0 Å². The molecule has 4 heteroatoms. The fourth-order valence-corrected chi connectivity index (χ4v) is 1.64. The lowest BCUT2D eigenvalue weighted by atomic mass is 10.0. The van der Waals surface area contributed by atoms with Crippen LogP contribution < -0.4 is 4.90 Å². The molecule has 1 rings (SSSR count). The van der Waals surface area contributed by atoms with Gasteiger partial charge in [-0.15, -0.1) is 0 Å². The van der Waals surface area contributed by atoms with Crippen molar-refractivity contribution < 1.29 is 13.9 Å². The van der Waals surface area contributed by atoms with Crippen molar-refractivity contribution in [2.75, 3.05) is 18.5 Å².